The van der Waals surface area contributed by atoms with Gasteiger partial charge in [-0.05, 0) is 24.4 Å². The lowest BCUT2D eigenvalue weighted by Gasteiger charge is -1.93. The second-order valence-corrected chi connectivity index (χ2v) is 5.28. The first-order chi connectivity index (χ1) is 9.22. The van der Waals surface area contributed by atoms with E-state index in [-0.39, 0.29) is 0 Å². The lowest BCUT2D eigenvalue weighted by atomic mass is 10.3. The standard InChI is InChI=1S/C12H10N6S/c1-7-5-9(17(2)15-7)10-14-11-8-3-4-19-12(8)13-6-18(11)16-10/h3-6H,1-2H3. The number of aryl methyl sites for hydroxylation is 2. The molecule has 0 unspecified atom stereocenters. The molecule has 4 aromatic rings. The Kier molecular flexibility index (Phi) is 2.02. The van der Waals surface area contributed by atoms with Crippen LogP contribution in [0.5, 0.6) is 0 Å². The highest BCUT2D eigenvalue weighted by Gasteiger charge is 2.13. The molecule has 0 aromatic carbocycles. The molecule has 0 bridgehead atoms. The van der Waals surface area contributed by atoms with E-state index in [1.165, 1.54) is 0 Å². The summed E-state index contributed by atoms with van der Waals surface area (Å²) in [6, 6.07) is 4.00. The Labute approximate surface area is 112 Å². The summed E-state index contributed by atoms with van der Waals surface area (Å²) < 4.78 is 3.51. The van der Waals surface area contributed by atoms with Crippen molar-refractivity contribution in [3.05, 3.63) is 29.5 Å². The van der Waals surface area contributed by atoms with Crippen LogP contribution in [0.25, 0.3) is 27.4 Å². The minimum Gasteiger partial charge on any atom is -0.264 e. The molecule has 0 amide bonds. The third-order valence-corrected chi connectivity index (χ3v) is 3.85. The van der Waals surface area contributed by atoms with E-state index in [2.05, 4.69) is 20.2 Å². The van der Waals surface area contributed by atoms with Crippen LogP contribution in [0.3, 0.4) is 0 Å². The van der Waals surface area contributed by atoms with Crippen molar-refractivity contribution >= 4 is 27.2 Å². The minimum atomic E-state index is 0.670. The van der Waals surface area contributed by atoms with Gasteiger partial charge in [0, 0.05) is 7.05 Å². The number of hydrogen-bond acceptors (Lipinski definition) is 5. The molecule has 0 fully saturated rings. The van der Waals surface area contributed by atoms with Gasteiger partial charge in [-0.2, -0.15) is 5.10 Å². The molecular weight excluding hydrogens is 260 g/mol. The molecule has 4 rings (SSSR count). The van der Waals surface area contributed by atoms with E-state index >= 15 is 0 Å². The molecule has 6 nitrogen and oxygen atoms in total. The van der Waals surface area contributed by atoms with E-state index in [1.807, 2.05) is 31.5 Å². The molecule has 0 saturated heterocycles. The van der Waals surface area contributed by atoms with Crippen LogP contribution < -0.4 is 0 Å². The Hall–Kier alpha value is -2.28. The van der Waals surface area contributed by atoms with Crippen molar-refractivity contribution in [1.29, 1.82) is 0 Å². The van der Waals surface area contributed by atoms with Crippen molar-refractivity contribution in [2.75, 3.05) is 0 Å². The first kappa shape index (κ1) is 10.6. The maximum Gasteiger partial charge on any atom is 0.200 e. The van der Waals surface area contributed by atoms with Crippen molar-refractivity contribution in [2.45, 2.75) is 6.92 Å². The molecule has 7 heteroatoms. The van der Waals surface area contributed by atoms with Crippen molar-refractivity contribution in [3.63, 3.8) is 0 Å². The SMILES string of the molecule is Cc1cc(-c2nc3c4ccsc4ncn3n2)n(C)n1. The van der Waals surface area contributed by atoms with E-state index in [0.717, 1.165) is 27.3 Å². The molecule has 94 valence electrons. The Morgan fingerprint density at radius 3 is 2.95 bits per heavy atom. The number of aromatic nitrogens is 6. The molecule has 0 atom stereocenters. The third-order valence-electron chi connectivity index (χ3n) is 3.03. The van der Waals surface area contributed by atoms with Gasteiger partial charge in [-0.15, -0.1) is 16.4 Å². The van der Waals surface area contributed by atoms with Gasteiger partial charge in [-0.3, -0.25) is 4.68 Å². The zero-order chi connectivity index (χ0) is 13.0. The first-order valence-electron chi connectivity index (χ1n) is 5.82. The molecular formula is C12H10N6S. The molecule has 0 aliphatic heterocycles. The van der Waals surface area contributed by atoms with Gasteiger partial charge >= 0.3 is 0 Å². The summed E-state index contributed by atoms with van der Waals surface area (Å²) in [6.07, 6.45) is 1.70. The van der Waals surface area contributed by atoms with E-state index in [9.17, 15) is 0 Å². The van der Waals surface area contributed by atoms with Crippen LogP contribution in [0.4, 0.5) is 0 Å². The maximum absolute atomic E-state index is 4.62. The molecule has 4 heterocycles. The quantitative estimate of drug-likeness (QED) is 0.531. The fraction of sp³-hybridized carbons (Fsp3) is 0.167. The maximum atomic E-state index is 4.62. The highest BCUT2D eigenvalue weighted by Crippen LogP contribution is 2.24. The largest absolute Gasteiger partial charge is 0.264 e. The van der Waals surface area contributed by atoms with Gasteiger partial charge in [-0.1, -0.05) is 0 Å². The van der Waals surface area contributed by atoms with Crippen LogP contribution in [0, 0.1) is 6.92 Å². The Morgan fingerprint density at radius 1 is 1.26 bits per heavy atom. The van der Waals surface area contributed by atoms with E-state index in [0.29, 0.717) is 5.82 Å². The van der Waals surface area contributed by atoms with Crippen molar-refractivity contribution in [3.8, 4) is 11.5 Å². The Morgan fingerprint density at radius 2 is 2.16 bits per heavy atom. The zero-order valence-corrected chi connectivity index (χ0v) is 11.2. The number of fused-ring (bicyclic) bond motifs is 3. The van der Waals surface area contributed by atoms with Crippen LogP contribution in [0.2, 0.25) is 0 Å². The summed E-state index contributed by atoms with van der Waals surface area (Å²) in [7, 11) is 1.90. The number of rotatable bonds is 1. The molecule has 0 spiro atoms. The third kappa shape index (κ3) is 1.48. The van der Waals surface area contributed by atoms with Crippen LogP contribution in [0.1, 0.15) is 5.69 Å². The number of nitrogens with zero attached hydrogens (tertiary/aromatic N) is 6. The normalized spacial score (nSPS) is 11.7. The van der Waals surface area contributed by atoms with Crippen LogP contribution in [0.15, 0.2) is 23.8 Å². The lowest BCUT2D eigenvalue weighted by molar-refractivity contribution is 0.758. The predicted octanol–water partition coefficient (Wildman–Crippen LogP) is 2.05. The summed E-state index contributed by atoms with van der Waals surface area (Å²) in [5.74, 6) is 0.670. The molecule has 19 heavy (non-hydrogen) atoms. The highest BCUT2D eigenvalue weighted by atomic mass is 32.1. The van der Waals surface area contributed by atoms with Gasteiger partial charge < -0.3 is 0 Å². The molecule has 0 saturated carbocycles. The van der Waals surface area contributed by atoms with Gasteiger partial charge in [0.1, 0.15) is 16.9 Å². The van der Waals surface area contributed by atoms with Crippen molar-refractivity contribution < 1.29 is 0 Å². The molecule has 0 aliphatic carbocycles. The van der Waals surface area contributed by atoms with E-state index in [1.54, 1.807) is 26.9 Å². The van der Waals surface area contributed by atoms with E-state index in [4.69, 9.17) is 0 Å². The minimum absolute atomic E-state index is 0.670. The Bertz CT molecular complexity index is 900. The second-order valence-electron chi connectivity index (χ2n) is 4.38. The van der Waals surface area contributed by atoms with Gasteiger partial charge in [-0.25, -0.2) is 14.5 Å². The molecule has 4 aromatic heterocycles. The topological polar surface area (TPSA) is 60.9 Å². The van der Waals surface area contributed by atoms with Crippen LogP contribution >= 0.6 is 11.3 Å². The first-order valence-corrected chi connectivity index (χ1v) is 6.70. The molecule has 0 radical (unpaired) electrons. The lowest BCUT2D eigenvalue weighted by Crippen LogP contribution is -1.95. The van der Waals surface area contributed by atoms with Gasteiger partial charge in [0.15, 0.2) is 11.5 Å². The van der Waals surface area contributed by atoms with E-state index < -0.39 is 0 Å². The predicted molar refractivity (Wildman–Crippen MR) is 73.1 cm³/mol. The van der Waals surface area contributed by atoms with Gasteiger partial charge in [0.25, 0.3) is 0 Å². The van der Waals surface area contributed by atoms with Crippen molar-refractivity contribution in [2.24, 2.45) is 7.05 Å². The van der Waals surface area contributed by atoms with Crippen LogP contribution in [-0.4, -0.2) is 29.4 Å². The summed E-state index contributed by atoms with van der Waals surface area (Å²) in [5.41, 5.74) is 2.69. The fourth-order valence-electron chi connectivity index (χ4n) is 2.19. The average molecular weight is 270 g/mol. The average Bonchev–Trinajstić information content (AvgIpc) is 3.05. The molecule has 0 aliphatic rings. The Balaban J connectivity index is 2.03. The second kappa shape index (κ2) is 3.61. The van der Waals surface area contributed by atoms with Gasteiger partial charge in [0.2, 0.25) is 0 Å². The summed E-state index contributed by atoms with van der Waals surface area (Å²) in [4.78, 5) is 9.96. The zero-order valence-electron chi connectivity index (χ0n) is 10.4. The van der Waals surface area contributed by atoms with Gasteiger partial charge in [0.05, 0.1) is 11.1 Å². The summed E-state index contributed by atoms with van der Waals surface area (Å²) in [6.45, 7) is 1.96. The summed E-state index contributed by atoms with van der Waals surface area (Å²) >= 11 is 1.60. The molecule has 0 N–H and O–H groups in total. The highest BCUT2D eigenvalue weighted by molar-refractivity contribution is 7.16. The van der Waals surface area contributed by atoms with Crippen LogP contribution in [-0.2, 0) is 7.05 Å². The summed E-state index contributed by atoms with van der Waals surface area (Å²) in [5, 5.41) is 11.8. The number of thiophene rings is 1. The smallest absolute Gasteiger partial charge is 0.200 e. The fourth-order valence-corrected chi connectivity index (χ4v) is 2.92. The monoisotopic (exact) mass is 270 g/mol. The van der Waals surface area contributed by atoms with Crippen molar-refractivity contribution in [1.82, 2.24) is 29.4 Å². The number of hydrogen-bond donors (Lipinski definition) is 0.